The fraction of sp³-hybridized carbons (Fsp3) is 0.0769. The Morgan fingerprint density at radius 1 is 1.36 bits per heavy atom. The number of pyridine rings is 1. The number of carbonyl (C=O) groups is 1. The molecule has 114 valence electrons. The Bertz CT molecular complexity index is 723. The van der Waals surface area contributed by atoms with Gasteiger partial charge in [0, 0.05) is 16.7 Å². The van der Waals surface area contributed by atoms with E-state index in [1.54, 1.807) is 12.3 Å². The van der Waals surface area contributed by atoms with E-state index in [4.69, 9.17) is 9.84 Å². The summed E-state index contributed by atoms with van der Waals surface area (Å²) in [6, 6.07) is 5.79. The molecule has 22 heavy (non-hydrogen) atoms. The zero-order valence-electron chi connectivity index (χ0n) is 11.0. The fourth-order valence-electron chi connectivity index (χ4n) is 1.70. The van der Waals surface area contributed by atoms with Gasteiger partial charge in [-0.15, -0.1) is 0 Å². The van der Waals surface area contributed by atoms with Crippen LogP contribution in [0.25, 0.3) is 0 Å². The molecule has 0 atom stereocenters. The number of nitrogens with zero attached hydrogens (tertiary/aromatic N) is 2. The standard InChI is InChI=1S/C13H10BrN3O5/c14-9-4-11(7-15-6-9)22-10-1-2-12(17(20)21)8(3-10)5-16-13(18)19/h1-4,6-7,16H,5H2,(H,18,19). The Balaban J connectivity index is 2.27. The molecule has 0 unspecified atom stereocenters. The van der Waals surface area contributed by atoms with Gasteiger partial charge in [0.25, 0.3) is 5.69 Å². The lowest BCUT2D eigenvalue weighted by Crippen LogP contribution is -2.20. The lowest BCUT2D eigenvalue weighted by Gasteiger charge is -2.08. The molecule has 2 aromatic rings. The molecule has 0 saturated heterocycles. The topological polar surface area (TPSA) is 115 Å². The van der Waals surface area contributed by atoms with Crippen LogP contribution in [0.3, 0.4) is 0 Å². The molecule has 0 spiro atoms. The molecule has 1 aromatic heterocycles. The number of nitro groups is 1. The van der Waals surface area contributed by atoms with E-state index in [2.05, 4.69) is 26.2 Å². The summed E-state index contributed by atoms with van der Waals surface area (Å²) < 4.78 is 6.27. The largest absolute Gasteiger partial charge is 0.465 e. The zero-order chi connectivity index (χ0) is 16.1. The highest BCUT2D eigenvalue weighted by Gasteiger charge is 2.15. The van der Waals surface area contributed by atoms with Crippen LogP contribution in [0.2, 0.25) is 0 Å². The van der Waals surface area contributed by atoms with Crippen molar-refractivity contribution in [2.45, 2.75) is 6.54 Å². The summed E-state index contributed by atoms with van der Waals surface area (Å²) in [7, 11) is 0. The number of halogens is 1. The SMILES string of the molecule is O=C(O)NCc1cc(Oc2cncc(Br)c2)ccc1[N+](=O)[O-]. The maximum atomic E-state index is 11.0. The van der Waals surface area contributed by atoms with E-state index in [1.807, 2.05) is 0 Å². The first-order valence-electron chi connectivity index (χ1n) is 5.98. The van der Waals surface area contributed by atoms with Crippen LogP contribution in [-0.2, 0) is 6.54 Å². The highest BCUT2D eigenvalue weighted by Crippen LogP contribution is 2.28. The first-order valence-corrected chi connectivity index (χ1v) is 6.77. The van der Waals surface area contributed by atoms with Gasteiger partial charge in [0.2, 0.25) is 0 Å². The number of aromatic nitrogens is 1. The van der Waals surface area contributed by atoms with Gasteiger partial charge in [-0.3, -0.25) is 15.1 Å². The molecule has 1 aromatic carbocycles. The Kier molecular flexibility index (Phi) is 4.89. The van der Waals surface area contributed by atoms with Crippen LogP contribution in [0.15, 0.2) is 41.1 Å². The molecule has 2 N–H and O–H groups in total. The molecule has 2 rings (SSSR count). The van der Waals surface area contributed by atoms with Crippen molar-refractivity contribution < 1.29 is 19.6 Å². The minimum Gasteiger partial charge on any atom is -0.465 e. The molecule has 0 fully saturated rings. The lowest BCUT2D eigenvalue weighted by atomic mass is 10.1. The number of nitro benzene ring substituents is 1. The first kappa shape index (κ1) is 15.7. The molecule has 9 heteroatoms. The van der Waals surface area contributed by atoms with Crippen molar-refractivity contribution in [2.24, 2.45) is 0 Å². The van der Waals surface area contributed by atoms with E-state index in [0.717, 1.165) is 4.47 Å². The van der Waals surface area contributed by atoms with Gasteiger partial charge < -0.3 is 15.2 Å². The molecular formula is C13H10BrN3O5. The van der Waals surface area contributed by atoms with Crippen molar-refractivity contribution in [3.8, 4) is 11.5 Å². The summed E-state index contributed by atoms with van der Waals surface area (Å²) >= 11 is 3.25. The van der Waals surface area contributed by atoms with Gasteiger partial charge in [-0.2, -0.15) is 0 Å². The maximum absolute atomic E-state index is 11.0. The number of ether oxygens (including phenoxy) is 1. The third-order valence-electron chi connectivity index (χ3n) is 2.59. The van der Waals surface area contributed by atoms with Crippen LogP contribution >= 0.6 is 15.9 Å². The van der Waals surface area contributed by atoms with Crippen LogP contribution < -0.4 is 10.1 Å². The van der Waals surface area contributed by atoms with Crippen LogP contribution in [-0.4, -0.2) is 21.1 Å². The Labute approximate surface area is 133 Å². The van der Waals surface area contributed by atoms with E-state index >= 15 is 0 Å². The molecular weight excluding hydrogens is 358 g/mol. The van der Waals surface area contributed by atoms with E-state index in [-0.39, 0.29) is 17.8 Å². The van der Waals surface area contributed by atoms with Crippen molar-refractivity contribution in [2.75, 3.05) is 0 Å². The van der Waals surface area contributed by atoms with E-state index in [1.165, 1.54) is 24.4 Å². The van der Waals surface area contributed by atoms with E-state index in [0.29, 0.717) is 11.5 Å². The van der Waals surface area contributed by atoms with Crippen LogP contribution in [0.5, 0.6) is 11.5 Å². The van der Waals surface area contributed by atoms with Gasteiger partial charge in [-0.05, 0) is 34.1 Å². The molecule has 0 radical (unpaired) electrons. The molecule has 1 amide bonds. The summed E-state index contributed by atoms with van der Waals surface area (Å²) in [5.41, 5.74) is 0.0151. The minimum atomic E-state index is -1.27. The lowest BCUT2D eigenvalue weighted by molar-refractivity contribution is -0.385. The van der Waals surface area contributed by atoms with Crippen LogP contribution in [0.4, 0.5) is 10.5 Å². The summed E-state index contributed by atoms with van der Waals surface area (Å²) in [4.78, 5) is 24.9. The number of benzene rings is 1. The monoisotopic (exact) mass is 367 g/mol. The molecule has 0 bridgehead atoms. The predicted molar refractivity (Wildman–Crippen MR) is 80.0 cm³/mol. The number of nitrogens with one attached hydrogen (secondary N) is 1. The first-order chi connectivity index (χ1) is 10.5. The second-order valence-electron chi connectivity index (χ2n) is 4.15. The second-order valence-corrected chi connectivity index (χ2v) is 5.06. The molecule has 0 saturated carbocycles. The van der Waals surface area contributed by atoms with Crippen LogP contribution in [0.1, 0.15) is 5.56 Å². The van der Waals surface area contributed by atoms with E-state index in [9.17, 15) is 14.9 Å². The number of hydrogen-bond acceptors (Lipinski definition) is 5. The van der Waals surface area contributed by atoms with Crippen molar-refractivity contribution in [3.63, 3.8) is 0 Å². The highest BCUT2D eigenvalue weighted by molar-refractivity contribution is 9.10. The van der Waals surface area contributed by atoms with Crippen molar-refractivity contribution in [1.29, 1.82) is 0 Å². The fourth-order valence-corrected chi connectivity index (χ4v) is 2.04. The van der Waals surface area contributed by atoms with E-state index < -0.39 is 11.0 Å². The van der Waals surface area contributed by atoms with Crippen molar-refractivity contribution >= 4 is 27.7 Å². The summed E-state index contributed by atoms with van der Waals surface area (Å²) in [5, 5.41) is 21.7. The molecule has 0 aliphatic heterocycles. The quantitative estimate of drug-likeness (QED) is 0.618. The maximum Gasteiger partial charge on any atom is 0.404 e. The molecule has 0 aliphatic carbocycles. The van der Waals surface area contributed by atoms with Crippen molar-refractivity contribution in [1.82, 2.24) is 10.3 Å². The molecule has 1 heterocycles. The second kappa shape index (κ2) is 6.85. The van der Waals surface area contributed by atoms with Gasteiger partial charge in [-0.1, -0.05) is 0 Å². The summed E-state index contributed by atoms with van der Waals surface area (Å²) in [5.74, 6) is 0.785. The zero-order valence-corrected chi connectivity index (χ0v) is 12.6. The highest BCUT2D eigenvalue weighted by atomic mass is 79.9. The normalized spacial score (nSPS) is 10.0. The van der Waals surface area contributed by atoms with Gasteiger partial charge >= 0.3 is 6.09 Å². The predicted octanol–water partition coefficient (Wildman–Crippen LogP) is 3.31. The third-order valence-corrected chi connectivity index (χ3v) is 3.03. The number of hydrogen-bond donors (Lipinski definition) is 2. The van der Waals surface area contributed by atoms with Gasteiger partial charge in [0.05, 0.1) is 23.2 Å². The smallest absolute Gasteiger partial charge is 0.404 e. The number of rotatable bonds is 5. The Hall–Kier alpha value is -2.68. The number of carboxylic acid groups (broad SMARTS) is 1. The van der Waals surface area contributed by atoms with Gasteiger partial charge in [-0.25, -0.2) is 4.79 Å². The van der Waals surface area contributed by atoms with Crippen LogP contribution in [0, 0.1) is 10.1 Å². The summed E-state index contributed by atoms with van der Waals surface area (Å²) in [6.07, 6.45) is 1.81. The van der Waals surface area contributed by atoms with Gasteiger partial charge in [0.1, 0.15) is 11.5 Å². The van der Waals surface area contributed by atoms with Gasteiger partial charge in [0.15, 0.2) is 0 Å². The minimum absolute atomic E-state index is 0.187. The average Bonchev–Trinajstić information content (AvgIpc) is 2.45. The average molecular weight is 368 g/mol. The molecule has 0 aliphatic rings. The number of amides is 1. The van der Waals surface area contributed by atoms with Crippen molar-refractivity contribution in [3.05, 3.63) is 56.8 Å². The Morgan fingerprint density at radius 2 is 2.14 bits per heavy atom. The third kappa shape index (κ3) is 4.16. The Morgan fingerprint density at radius 3 is 2.77 bits per heavy atom. The summed E-state index contributed by atoms with van der Waals surface area (Å²) in [6.45, 7) is -0.195. The molecule has 8 nitrogen and oxygen atoms in total.